The summed E-state index contributed by atoms with van der Waals surface area (Å²) in [6.07, 6.45) is 2.93. The molecule has 0 nitrogen and oxygen atoms in total. The molecule has 13 heavy (non-hydrogen) atoms. The molecule has 0 unspecified atom stereocenters. The maximum Gasteiger partial charge on any atom is 0.0445 e. The van der Waals surface area contributed by atoms with Gasteiger partial charge >= 0.3 is 0 Å². The van der Waals surface area contributed by atoms with E-state index < -0.39 is 0 Å². The maximum absolute atomic E-state index is 3.74. The monoisotopic (exact) mass is 206 g/mol. The van der Waals surface area contributed by atoms with Crippen LogP contribution in [0.25, 0.3) is 9.75 Å². The minimum atomic E-state index is 0.982. The number of thiophene rings is 2. The normalized spacial score (nSPS) is 10.2. The molecular weight excluding hydrogens is 196 g/mol. The second-order valence-corrected chi connectivity index (χ2v) is 4.85. The quantitative estimate of drug-likeness (QED) is 0.660. The Morgan fingerprint density at radius 2 is 2.15 bits per heavy atom. The van der Waals surface area contributed by atoms with Gasteiger partial charge in [-0.05, 0) is 30.0 Å². The average Bonchev–Trinajstić information content (AvgIpc) is 2.70. The molecule has 2 rings (SSSR count). The van der Waals surface area contributed by atoms with Crippen LogP contribution < -0.4 is 0 Å². The molecule has 0 fully saturated rings. The molecule has 2 heteroatoms. The van der Waals surface area contributed by atoms with Gasteiger partial charge in [0.25, 0.3) is 0 Å². The smallest absolute Gasteiger partial charge is 0.0445 e. The molecule has 0 amide bonds. The summed E-state index contributed by atoms with van der Waals surface area (Å²) in [6, 6.07) is 8.62. The van der Waals surface area contributed by atoms with E-state index in [1.54, 1.807) is 11.3 Å². The van der Waals surface area contributed by atoms with E-state index in [1.165, 1.54) is 14.6 Å². The average molecular weight is 206 g/mol. The summed E-state index contributed by atoms with van der Waals surface area (Å²) in [5.41, 5.74) is 0. The van der Waals surface area contributed by atoms with Crippen LogP contribution >= 0.6 is 22.7 Å². The number of hydrogen-bond donors (Lipinski definition) is 0. The van der Waals surface area contributed by atoms with Crippen LogP contribution in [0, 0.1) is 0 Å². The fourth-order valence-electron chi connectivity index (χ4n) is 1.18. The van der Waals surface area contributed by atoms with Gasteiger partial charge in [-0.1, -0.05) is 12.1 Å². The van der Waals surface area contributed by atoms with E-state index in [0.29, 0.717) is 0 Å². The second-order valence-electron chi connectivity index (χ2n) is 2.74. The number of allylic oxidation sites excluding steroid dienone is 1. The van der Waals surface area contributed by atoms with Gasteiger partial charge in [0.05, 0.1) is 0 Å². The molecule has 0 saturated heterocycles. The van der Waals surface area contributed by atoms with Gasteiger partial charge < -0.3 is 0 Å². The van der Waals surface area contributed by atoms with Crippen LogP contribution in [0.15, 0.2) is 42.3 Å². The zero-order valence-corrected chi connectivity index (χ0v) is 8.83. The summed E-state index contributed by atoms with van der Waals surface area (Å²) >= 11 is 3.65. The van der Waals surface area contributed by atoms with E-state index in [4.69, 9.17) is 0 Å². The Hall–Kier alpha value is -0.860. The molecule has 0 spiro atoms. The maximum atomic E-state index is 3.74. The molecule has 0 aliphatic carbocycles. The van der Waals surface area contributed by atoms with E-state index in [-0.39, 0.29) is 0 Å². The van der Waals surface area contributed by atoms with Gasteiger partial charge in [0, 0.05) is 14.6 Å². The van der Waals surface area contributed by atoms with Crippen LogP contribution in [0.4, 0.5) is 0 Å². The fourth-order valence-corrected chi connectivity index (χ4v) is 3.02. The van der Waals surface area contributed by atoms with Crippen LogP contribution in [0.1, 0.15) is 4.88 Å². The Labute approximate surface area is 86.2 Å². The highest BCUT2D eigenvalue weighted by Crippen LogP contribution is 2.31. The van der Waals surface area contributed by atoms with E-state index in [0.717, 1.165) is 6.42 Å². The molecular formula is C11H10S2. The molecule has 0 bridgehead atoms. The van der Waals surface area contributed by atoms with Gasteiger partial charge in [-0.3, -0.25) is 0 Å². The van der Waals surface area contributed by atoms with Gasteiger partial charge in [0.2, 0.25) is 0 Å². The van der Waals surface area contributed by atoms with Crippen molar-refractivity contribution in [3.63, 3.8) is 0 Å². The molecule has 0 radical (unpaired) electrons. The molecule has 2 aromatic heterocycles. The minimum Gasteiger partial charge on any atom is -0.143 e. The molecule has 0 N–H and O–H groups in total. The van der Waals surface area contributed by atoms with Crippen molar-refractivity contribution in [2.45, 2.75) is 6.42 Å². The predicted octanol–water partition coefficient (Wildman–Crippen LogP) is 4.21. The molecule has 2 heterocycles. The van der Waals surface area contributed by atoms with Crippen LogP contribution in [0.3, 0.4) is 0 Å². The Bertz CT molecular complexity index is 382. The van der Waals surface area contributed by atoms with Crippen LogP contribution in [0.2, 0.25) is 0 Å². The molecule has 0 aliphatic heterocycles. The van der Waals surface area contributed by atoms with Crippen LogP contribution in [-0.4, -0.2) is 0 Å². The summed E-state index contributed by atoms with van der Waals surface area (Å²) in [7, 11) is 0. The van der Waals surface area contributed by atoms with Gasteiger partial charge in [-0.25, -0.2) is 0 Å². The molecule has 0 aromatic carbocycles. The van der Waals surface area contributed by atoms with Crippen molar-refractivity contribution in [2.24, 2.45) is 0 Å². The largest absolute Gasteiger partial charge is 0.143 e. The third-order valence-corrected chi connectivity index (χ3v) is 3.94. The summed E-state index contributed by atoms with van der Waals surface area (Å²) in [6.45, 7) is 3.74. The highest BCUT2D eigenvalue weighted by atomic mass is 32.1. The lowest BCUT2D eigenvalue weighted by molar-refractivity contribution is 1.36. The van der Waals surface area contributed by atoms with E-state index in [1.807, 2.05) is 17.4 Å². The SMILES string of the molecule is C=CCc1ccc(-c2cccs2)s1. The lowest BCUT2D eigenvalue weighted by Crippen LogP contribution is -1.67. The third-order valence-electron chi connectivity index (χ3n) is 1.77. The Morgan fingerprint density at radius 3 is 2.85 bits per heavy atom. The van der Waals surface area contributed by atoms with E-state index in [9.17, 15) is 0 Å². The van der Waals surface area contributed by atoms with Gasteiger partial charge in [-0.15, -0.1) is 29.3 Å². The van der Waals surface area contributed by atoms with Crippen molar-refractivity contribution in [3.05, 3.63) is 47.2 Å². The van der Waals surface area contributed by atoms with Crippen molar-refractivity contribution in [2.75, 3.05) is 0 Å². The Morgan fingerprint density at radius 1 is 1.23 bits per heavy atom. The molecule has 0 aliphatic rings. The fraction of sp³-hybridized carbons (Fsp3) is 0.0909. The van der Waals surface area contributed by atoms with E-state index >= 15 is 0 Å². The highest BCUT2D eigenvalue weighted by Gasteiger charge is 2.01. The lowest BCUT2D eigenvalue weighted by Gasteiger charge is -1.88. The lowest BCUT2D eigenvalue weighted by atomic mass is 10.3. The summed E-state index contributed by atoms with van der Waals surface area (Å²) in [5, 5.41) is 2.11. The molecule has 2 aromatic rings. The third kappa shape index (κ3) is 1.90. The van der Waals surface area contributed by atoms with Crippen molar-refractivity contribution < 1.29 is 0 Å². The van der Waals surface area contributed by atoms with Gasteiger partial charge in [0.15, 0.2) is 0 Å². The number of rotatable bonds is 3. The zero-order chi connectivity index (χ0) is 9.10. The first-order chi connectivity index (χ1) is 6.40. The Balaban J connectivity index is 2.28. The zero-order valence-electron chi connectivity index (χ0n) is 7.19. The summed E-state index contributed by atoms with van der Waals surface area (Å²) < 4.78 is 0. The summed E-state index contributed by atoms with van der Waals surface area (Å²) in [5.74, 6) is 0. The topological polar surface area (TPSA) is 0 Å². The summed E-state index contributed by atoms with van der Waals surface area (Å²) in [4.78, 5) is 4.12. The first kappa shape index (κ1) is 8.73. The highest BCUT2D eigenvalue weighted by molar-refractivity contribution is 7.21. The molecule has 0 saturated carbocycles. The van der Waals surface area contributed by atoms with Crippen molar-refractivity contribution in [1.29, 1.82) is 0 Å². The standard InChI is InChI=1S/C11H10S2/c1-2-4-9-6-7-11(13-9)10-5-3-8-12-10/h2-3,5-8H,1,4H2. The first-order valence-electron chi connectivity index (χ1n) is 4.13. The van der Waals surface area contributed by atoms with Crippen molar-refractivity contribution in [3.8, 4) is 9.75 Å². The van der Waals surface area contributed by atoms with E-state index in [2.05, 4.69) is 36.2 Å². The van der Waals surface area contributed by atoms with Crippen LogP contribution in [0.5, 0.6) is 0 Å². The van der Waals surface area contributed by atoms with Gasteiger partial charge in [0.1, 0.15) is 0 Å². The van der Waals surface area contributed by atoms with Crippen LogP contribution in [-0.2, 0) is 6.42 Å². The van der Waals surface area contributed by atoms with Crippen molar-refractivity contribution >= 4 is 22.7 Å². The van der Waals surface area contributed by atoms with Gasteiger partial charge in [-0.2, -0.15) is 0 Å². The second kappa shape index (κ2) is 3.90. The molecule has 0 atom stereocenters. The predicted molar refractivity (Wildman–Crippen MR) is 61.5 cm³/mol. The van der Waals surface area contributed by atoms with Crippen molar-refractivity contribution in [1.82, 2.24) is 0 Å². The minimum absolute atomic E-state index is 0.982. The first-order valence-corrected chi connectivity index (χ1v) is 5.83. The molecule has 66 valence electrons. The Kier molecular flexibility index (Phi) is 2.62. The number of hydrogen-bond acceptors (Lipinski definition) is 2.